The van der Waals surface area contributed by atoms with Gasteiger partial charge < -0.3 is 10.4 Å². The lowest BCUT2D eigenvalue weighted by Gasteiger charge is -2.26. The zero-order valence-electron chi connectivity index (χ0n) is 12.9. The Hall–Kier alpha value is -2.04. The zero-order valence-corrected chi connectivity index (χ0v) is 12.9. The first-order chi connectivity index (χ1) is 9.97. The smallest absolute Gasteiger partial charge is 0.326 e. The van der Waals surface area contributed by atoms with E-state index in [2.05, 4.69) is 12.2 Å². The van der Waals surface area contributed by atoms with Gasteiger partial charge in [-0.25, -0.2) is 9.59 Å². The van der Waals surface area contributed by atoms with Gasteiger partial charge in [-0.2, -0.15) is 0 Å². The molecular weight excluding hydrogens is 268 g/mol. The number of unbranched alkanes of at least 4 members (excludes halogenated alkanes) is 1. The van der Waals surface area contributed by atoms with Crippen molar-refractivity contribution in [3.63, 3.8) is 0 Å². The summed E-state index contributed by atoms with van der Waals surface area (Å²) in [6.07, 6.45) is 1.82. The van der Waals surface area contributed by atoms with E-state index in [9.17, 15) is 14.7 Å². The average Bonchev–Trinajstić information content (AvgIpc) is 2.45. The van der Waals surface area contributed by atoms with E-state index in [1.54, 1.807) is 18.7 Å². The lowest BCUT2D eigenvalue weighted by Crippen LogP contribution is -2.50. The van der Waals surface area contributed by atoms with Crippen molar-refractivity contribution >= 4 is 17.7 Å². The van der Waals surface area contributed by atoms with Crippen LogP contribution in [-0.2, 0) is 4.79 Å². The van der Waals surface area contributed by atoms with Crippen LogP contribution >= 0.6 is 0 Å². The SMILES string of the molecule is CCCCN(C(=O)NC(C(=O)O)C(C)C)c1ccccc1. The Bertz CT molecular complexity index is 460. The summed E-state index contributed by atoms with van der Waals surface area (Å²) in [6, 6.07) is 8.05. The van der Waals surface area contributed by atoms with Gasteiger partial charge in [0.25, 0.3) is 0 Å². The molecule has 1 aromatic rings. The fraction of sp³-hybridized carbons (Fsp3) is 0.500. The number of anilines is 1. The number of rotatable bonds is 7. The minimum Gasteiger partial charge on any atom is -0.480 e. The second-order valence-corrected chi connectivity index (χ2v) is 5.35. The van der Waals surface area contributed by atoms with Crippen molar-refractivity contribution in [2.45, 2.75) is 39.7 Å². The molecule has 1 rings (SSSR count). The summed E-state index contributed by atoms with van der Waals surface area (Å²) in [4.78, 5) is 25.2. The number of nitrogens with zero attached hydrogens (tertiary/aromatic N) is 1. The largest absolute Gasteiger partial charge is 0.480 e. The van der Waals surface area contributed by atoms with Crippen LogP contribution in [0.3, 0.4) is 0 Å². The summed E-state index contributed by atoms with van der Waals surface area (Å²) >= 11 is 0. The summed E-state index contributed by atoms with van der Waals surface area (Å²) in [6.45, 7) is 6.17. The van der Waals surface area contributed by atoms with Crippen molar-refractivity contribution in [2.75, 3.05) is 11.4 Å². The van der Waals surface area contributed by atoms with Gasteiger partial charge in [-0.1, -0.05) is 45.4 Å². The normalized spacial score (nSPS) is 12.0. The van der Waals surface area contributed by atoms with Gasteiger partial charge in [0.1, 0.15) is 6.04 Å². The summed E-state index contributed by atoms with van der Waals surface area (Å²) < 4.78 is 0. The molecule has 1 unspecified atom stereocenters. The number of aliphatic carboxylic acids is 1. The molecule has 0 aliphatic rings. The Morgan fingerprint density at radius 1 is 1.24 bits per heavy atom. The number of nitrogens with one attached hydrogen (secondary N) is 1. The van der Waals surface area contributed by atoms with E-state index in [1.165, 1.54) is 0 Å². The Morgan fingerprint density at radius 2 is 1.86 bits per heavy atom. The molecular formula is C16H24N2O3. The molecule has 0 bridgehead atoms. The lowest BCUT2D eigenvalue weighted by atomic mass is 10.1. The van der Waals surface area contributed by atoms with Crippen molar-refractivity contribution in [2.24, 2.45) is 5.92 Å². The first-order valence-electron chi connectivity index (χ1n) is 7.33. The number of carboxylic acids is 1. The molecule has 0 aliphatic carbocycles. The number of hydrogen-bond donors (Lipinski definition) is 2. The van der Waals surface area contributed by atoms with Gasteiger partial charge in [0, 0.05) is 12.2 Å². The van der Waals surface area contributed by atoms with E-state index >= 15 is 0 Å². The second kappa shape index (κ2) is 8.29. The van der Waals surface area contributed by atoms with Gasteiger partial charge in [-0.05, 0) is 24.5 Å². The van der Waals surface area contributed by atoms with E-state index in [4.69, 9.17) is 0 Å². The van der Waals surface area contributed by atoms with Crippen LogP contribution in [0.25, 0.3) is 0 Å². The molecule has 2 amide bonds. The Labute approximate surface area is 126 Å². The zero-order chi connectivity index (χ0) is 15.8. The molecule has 0 aliphatic heterocycles. The molecule has 1 atom stereocenters. The van der Waals surface area contributed by atoms with Crippen molar-refractivity contribution in [1.82, 2.24) is 5.32 Å². The first kappa shape index (κ1) is 17.0. The number of para-hydroxylation sites is 1. The third-order valence-corrected chi connectivity index (χ3v) is 3.26. The highest BCUT2D eigenvalue weighted by molar-refractivity contribution is 5.94. The molecule has 0 heterocycles. The van der Waals surface area contributed by atoms with Crippen molar-refractivity contribution < 1.29 is 14.7 Å². The van der Waals surface area contributed by atoms with Gasteiger partial charge >= 0.3 is 12.0 Å². The van der Waals surface area contributed by atoms with Crippen LogP contribution in [0, 0.1) is 5.92 Å². The van der Waals surface area contributed by atoms with Gasteiger partial charge in [0.15, 0.2) is 0 Å². The Morgan fingerprint density at radius 3 is 2.33 bits per heavy atom. The molecule has 116 valence electrons. The molecule has 0 saturated heterocycles. The molecule has 5 heteroatoms. The van der Waals surface area contributed by atoms with Crippen LogP contribution in [-0.4, -0.2) is 29.7 Å². The molecule has 0 radical (unpaired) electrons. The quantitative estimate of drug-likeness (QED) is 0.811. The van der Waals surface area contributed by atoms with E-state index in [0.29, 0.717) is 6.54 Å². The standard InChI is InChI=1S/C16H24N2O3/c1-4-5-11-18(13-9-7-6-8-10-13)16(21)17-14(12(2)3)15(19)20/h6-10,12,14H,4-5,11H2,1-3H3,(H,17,21)(H,19,20). The fourth-order valence-electron chi connectivity index (χ4n) is 2.00. The predicted octanol–water partition coefficient (Wildman–Crippen LogP) is 3.11. The highest BCUT2D eigenvalue weighted by Crippen LogP contribution is 2.15. The van der Waals surface area contributed by atoms with Crippen LogP contribution in [0.2, 0.25) is 0 Å². The fourth-order valence-corrected chi connectivity index (χ4v) is 2.00. The van der Waals surface area contributed by atoms with Gasteiger partial charge in [-0.15, -0.1) is 0 Å². The maximum absolute atomic E-state index is 12.4. The van der Waals surface area contributed by atoms with Crippen molar-refractivity contribution in [1.29, 1.82) is 0 Å². The van der Waals surface area contributed by atoms with Gasteiger partial charge in [-0.3, -0.25) is 4.90 Å². The molecule has 5 nitrogen and oxygen atoms in total. The maximum Gasteiger partial charge on any atom is 0.326 e. The molecule has 21 heavy (non-hydrogen) atoms. The molecule has 0 saturated carbocycles. The van der Waals surface area contributed by atoms with Gasteiger partial charge in [0.05, 0.1) is 0 Å². The van der Waals surface area contributed by atoms with E-state index in [-0.39, 0.29) is 11.9 Å². The maximum atomic E-state index is 12.4. The molecule has 2 N–H and O–H groups in total. The van der Waals surface area contributed by atoms with Crippen LogP contribution in [0.15, 0.2) is 30.3 Å². The minimum absolute atomic E-state index is 0.171. The highest BCUT2D eigenvalue weighted by Gasteiger charge is 2.26. The van der Waals surface area contributed by atoms with Crippen LogP contribution < -0.4 is 10.2 Å². The molecule has 0 fully saturated rings. The third kappa shape index (κ3) is 5.10. The molecule has 0 spiro atoms. The average molecular weight is 292 g/mol. The Balaban J connectivity index is 2.87. The number of amides is 2. The van der Waals surface area contributed by atoms with Crippen LogP contribution in [0.5, 0.6) is 0 Å². The van der Waals surface area contributed by atoms with Crippen molar-refractivity contribution in [3.8, 4) is 0 Å². The number of hydrogen-bond acceptors (Lipinski definition) is 2. The topological polar surface area (TPSA) is 69.6 Å². The minimum atomic E-state index is -1.01. The lowest BCUT2D eigenvalue weighted by molar-refractivity contribution is -0.140. The molecule has 1 aromatic carbocycles. The van der Waals surface area contributed by atoms with Crippen LogP contribution in [0.4, 0.5) is 10.5 Å². The first-order valence-corrected chi connectivity index (χ1v) is 7.33. The molecule has 0 aromatic heterocycles. The van der Waals surface area contributed by atoms with Crippen LogP contribution in [0.1, 0.15) is 33.6 Å². The summed E-state index contributed by atoms with van der Waals surface area (Å²) in [5.41, 5.74) is 0.774. The number of urea groups is 1. The van der Waals surface area contributed by atoms with E-state index in [0.717, 1.165) is 18.5 Å². The predicted molar refractivity (Wildman–Crippen MR) is 83.5 cm³/mol. The summed E-state index contributed by atoms with van der Waals surface area (Å²) in [5, 5.41) is 11.8. The Kier molecular flexibility index (Phi) is 6.72. The number of carbonyl (C=O) groups is 2. The second-order valence-electron chi connectivity index (χ2n) is 5.35. The highest BCUT2D eigenvalue weighted by atomic mass is 16.4. The van der Waals surface area contributed by atoms with E-state index in [1.807, 2.05) is 30.3 Å². The van der Waals surface area contributed by atoms with E-state index < -0.39 is 12.0 Å². The van der Waals surface area contributed by atoms with Gasteiger partial charge in [0.2, 0.25) is 0 Å². The number of carboxylic acid groups (broad SMARTS) is 1. The monoisotopic (exact) mass is 292 g/mol. The third-order valence-electron chi connectivity index (χ3n) is 3.26. The number of carbonyl (C=O) groups excluding carboxylic acids is 1. The summed E-state index contributed by atoms with van der Waals surface area (Å²) in [7, 11) is 0. The summed E-state index contributed by atoms with van der Waals surface area (Å²) in [5.74, 6) is -1.18. The van der Waals surface area contributed by atoms with Crippen molar-refractivity contribution in [3.05, 3.63) is 30.3 Å². The number of benzene rings is 1.